The first-order valence-corrected chi connectivity index (χ1v) is 14.2. The number of amides is 2. The number of hydrogen-bond donors (Lipinski definition) is 2. The maximum absolute atomic E-state index is 13.4. The number of carboxylic acids is 1. The van der Waals surface area contributed by atoms with E-state index in [9.17, 15) is 19.5 Å². The van der Waals surface area contributed by atoms with Crippen molar-refractivity contribution in [3.05, 3.63) is 66.1 Å². The Morgan fingerprint density at radius 2 is 1.71 bits per heavy atom. The van der Waals surface area contributed by atoms with Crippen LogP contribution in [0.15, 0.2) is 54.9 Å². The highest BCUT2D eigenvalue weighted by molar-refractivity contribution is 6.06. The Morgan fingerprint density at radius 1 is 1.00 bits per heavy atom. The third-order valence-electron chi connectivity index (χ3n) is 7.08. The lowest BCUT2D eigenvalue weighted by Gasteiger charge is -2.26. The van der Waals surface area contributed by atoms with Gasteiger partial charge in [-0.25, -0.2) is 14.6 Å². The number of rotatable bonds is 12. The van der Waals surface area contributed by atoms with E-state index in [0.717, 1.165) is 12.8 Å². The van der Waals surface area contributed by atoms with Crippen LogP contribution in [-0.2, 0) is 11.2 Å². The van der Waals surface area contributed by atoms with E-state index in [1.807, 2.05) is 25.7 Å². The molecule has 0 aliphatic carbocycles. The van der Waals surface area contributed by atoms with Crippen LogP contribution in [0.5, 0.6) is 5.75 Å². The third kappa shape index (κ3) is 7.31. The molecular formula is C30H37N7O5. The molecule has 12 heteroatoms. The molecule has 1 aliphatic heterocycles. The van der Waals surface area contributed by atoms with Crippen LogP contribution in [0, 0.1) is 0 Å². The van der Waals surface area contributed by atoms with Gasteiger partial charge >= 0.3 is 12.1 Å². The zero-order valence-corrected chi connectivity index (χ0v) is 24.2. The minimum absolute atomic E-state index is 0.111. The quantitative estimate of drug-likeness (QED) is 0.324. The molecular weight excluding hydrogens is 538 g/mol. The molecule has 1 aliphatic rings. The van der Waals surface area contributed by atoms with Gasteiger partial charge in [0.05, 0.1) is 6.20 Å². The lowest BCUT2D eigenvalue weighted by Crippen LogP contribution is -2.36. The second-order valence-corrected chi connectivity index (χ2v) is 9.79. The number of ether oxygens (including phenoxy) is 1. The number of carbonyl (C=O) groups is 3. The number of pyridine rings is 1. The van der Waals surface area contributed by atoms with E-state index >= 15 is 0 Å². The molecule has 1 saturated heterocycles. The first kappa shape index (κ1) is 30.2. The Kier molecular flexibility index (Phi) is 10.2. The summed E-state index contributed by atoms with van der Waals surface area (Å²) in [5, 5.41) is 13.2. The van der Waals surface area contributed by atoms with Gasteiger partial charge in [0.15, 0.2) is 5.82 Å². The van der Waals surface area contributed by atoms with Gasteiger partial charge in [0.25, 0.3) is 5.91 Å². The van der Waals surface area contributed by atoms with Crippen LogP contribution in [0.2, 0.25) is 0 Å². The van der Waals surface area contributed by atoms with Crippen LogP contribution in [0.25, 0.3) is 0 Å². The Morgan fingerprint density at radius 3 is 2.31 bits per heavy atom. The number of aliphatic carboxylic acids is 1. The number of hydrogen-bond acceptors (Lipinski definition) is 9. The fourth-order valence-corrected chi connectivity index (χ4v) is 4.74. The Bertz CT molecular complexity index is 1360. The van der Waals surface area contributed by atoms with E-state index < -0.39 is 12.0 Å². The molecule has 1 fully saturated rings. The van der Waals surface area contributed by atoms with Gasteiger partial charge in [-0.2, -0.15) is 4.98 Å². The Balaban J connectivity index is 1.59. The number of anilines is 3. The largest absolute Gasteiger partial charge is 0.480 e. The molecule has 222 valence electrons. The predicted molar refractivity (Wildman–Crippen MR) is 159 cm³/mol. The fourth-order valence-electron chi connectivity index (χ4n) is 4.74. The van der Waals surface area contributed by atoms with Crippen molar-refractivity contribution in [1.82, 2.24) is 19.9 Å². The molecule has 0 unspecified atom stereocenters. The summed E-state index contributed by atoms with van der Waals surface area (Å²) in [4.78, 5) is 56.5. The summed E-state index contributed by atoms with van der Waals surface area (Å²) >= 11 is 0. The SMILES string of the molecule is CCN(CC)c1ncc(N(CC)C(=O)c2ccccn2)c(N[C@@H](Cc2ccc(OC(=O)N3CCCC3)cc2)C(=O)O)n1. The first-order chi connectivity index (χ1) is 20.3. The minimum atomic E-state index is -1.09. The second kappa shape index (κ2) is 14.2. The molecule has 12 nitrogen and oxygen atoms in total. The van der Waals surface area contributed by atoms with Crippen LogP contribution in [0.1, 0.15) is 49.7 Å². The van der Waals surface area contributed by atoms with Crippen LogP contribution in [0.4, 0.5) is 22.2 Å². The molecule has 0 radical (unpaired) electrons. The van der Waals surface area contributed by atoms with Gasteiger partial charge < -0.3 is 29.9 Å². The van der Waals surface area contributed by atoms with Crippen LogP contribution in [0.3, 0.4) is 0 Å². The number of carboxylic acid groups (broad SMARTS) is 1. The molecule has 2 N–H and O–H groups in total. The smallest absolute Gasteiger partial charge is 0.415 e. The summed E-state index contributed by atoms with van der Waals surface area (Å²) in [6.45, 7) is 8.72. The molecule has 0 bridgehead atoms. The normalized spacial score (nSPS) is 13.4. The highest BCUT2D eigenvalue weighted by Gasteiger charge is 2.26. The molecule has 2 amide bonds. The van der Waals surface area contributed by atoms with Crippen molar-refractivity contribution in [3.63, 3.8) is 0 Å². The molecule has 0 saturated carbocycles. The van der Waals surface area contributed by atoms with Crippen molar-refractivity contribution in [3.8, 4) is 5.75 Å². The zero-order chi connectivity index (χ0) is 30.1. The number of aromatic nitrogens is 3. The molecule has 0 spiro atoms. The summed E-state index contributed by atoms with van der Waals surface area (Å²) in [6.07, 6.45) is 4.74. The van der Waals surface area contributed by atoms with E-state index in [4.69, 9.17) is 4.74 Å². The number of benzene rings is 1. The van der Waals surface area contributed by atoms with Gasteiger partial charge in [-0.3, -0.25) is 9.78 Å². The zero-order valence-electron chi connectivity index (χ0n) is 24.2. The van der Waals surface area contributed by atoms with Crippen LogP contribution >= 0.6 is 0 Å². The Hall–Kier alpha value is -4.74. The van der Waals surface area contributed by atoms with E-state index in [0.29, 0.717) is 49.1 Å². The van der Waals surface area contributed by atoms with E-state index in [1.165, 1.54) is 11.1 Å². The van der Waals surface area contributed by atoms with Crippen LogP contribution in [-0.4, -0.2) is 81.7 Å². The minimum Gasteiger partial charge on any atom is -0.480 e. The molecule has 2 aromatic heterocycles. The average Bonchev–Trinajstić information content (AvgIpc) is 3.55. The van der Waals surface area contributed by atoms with E-state index in [2.05, 4.69) is 20.3 Å². The van der Waals surface area contributed by atoms with E-state index in [1.54, 1.807) is 53.6 Å². The van der Waals surface area contributed by atoms with E-state index in [-0.39, 0.29) is 36.5 Å². The highest BCUT2D eigenvalue weighted by atomic mass is 16.6. The summed E-state index contributed by atoms with van der Waals surface area (Å²) in [5.74, 6) is -0.412. The highest BCUT2D eigenvalue weighted by Crippen LogP contribution is 2.28. The van der Waals surface area contributed by atoms with Gasteiger partial charge in [0.1, 0.15) is 23.2 Å². The lowest BCUT2D eigenvalue weighted by molar-refractivity contribution is -0.137. The van der Waals surface area contributed by atoms with Crippen molar-refractivity contribution in [2.45, 2.75) is 46.1 Å². The molecule has 42 heavy (non-hydrogen) atoms. The first-order valence-electron chi connectivity index (χ1n) is 14.2. The van der Waals surface area contributed by atoms with Crippen molar-refractivity contribution < 1.29 is 24.2 Å². The van der Waals surface area contributed by atoms with Gasteiger partial charge in [-0.15, -0.1) is 0 Å². The van der Waals surface area contributed by atoms with Crippen molar-refractivity contribution >= 4 is 35.4 Å². The van der Waals surface area contributed by atoms with Crippen LogP contribution < -0.4 is 19.9 Å². The molecule has 3 aromatic rings. The summed E-state index contributed by atoms with van der Waals surface area (Å²) < 4.78 is 5.46. The second-order valence-electron chi connectivity index (χ2n) is 9.79. The molecule has 4 rings (SSSR count). The summed E-state index contributed by atoms with van der Waals surface area (Å²) in [6, 6.07) is 10.8. The fraction of sp³-hybridized carbons (Fsp3) is 0.400. The number of carbonyl (C=O) groups excluding carboxylic acids is 2. The maximum Gasteiger partial charge on any atom is 0.415 e. The van der Waals surface area contributed by atoms with Crippen molar-refractivity contribution in [2.75, 3.05) is 47.8 Å². The predicted octanol–water partition coefficient (Wildman–Crippen LogP) is 4.09. The van der Waals surface area contributed by atoms with Crippen molar-refractivity contribution in [2.24, 2.45) is 0 Å². The molecule has 1 atom stereocenters. The molecule has 1 aromatic carbocycles. The van der Waals surface area contributed by atoms with Gasteiger partial charge in [-0.05, 0) is 63.4 Å². The number of nitrogens with zero attached hydrogens (tertiary/aromatic N) is 6. The third-order valence-corrected chi connectivity index (χ3v) is 7.08. The van der Waals surface area contributed by atoms with Crippen molar-refractivity contribution in [1.29, 1.82) is 0 Å². The monoisotopic (exact) mass is 575 g/mol. The number of nitrogens with one attached hydrogen (secondary N) is 1. The van der Waals surface area contributed by atoms with Gasteiger partial charge in [0.2, 0.25) is 5.95 Å². The van der Waals surface area contributed by atoms with Gasteiger partial charge in [0, 0.05) is 45.3 Å². The average molecular weight is 576 g/mol. The topological polar surface area (TPSA) is 141 Å². The Labute approximate surface area is 245 Å². The maximum atomic E-state index is 13.4. The number of likely N-dealkylation sites (tertiary alicyclic amines) is 1. The summed E-state index contributed by atoms with van der Waals surface area (Å²) in [7, 11) is 0. The summed E-state index contributed by atoms with van der Waals surface area (Å²) in [5.41, 5.74) is 1.31. The molecule has 3 heterocycles. The lowest BCUT2D eigenvalue weighted by atomic mass is 10.1. The standard InChI is InChI=1S/C30H37N7O5/c1-4-35(5-2)29-32-20-25(37(6-3)27(38)23-11-7-8-16-31-23)26(34-29)33-24(28(39)40)19-21-12-14-22(15-13-21)42-30(41)36-17-9-10-18-36/h7-8,11-16,20,24H,4-6,9-10,17-19H2,1-3H3,(H,39,40)(H,32,33,34)/t24-/m0/s1. The van der Waals surface area contributed by atoms with Gasteiger partial charge in [-0.1, -0.05) is 18.2 Å².